The Hall–Kier alpha value is -1.76. The summed E-state index contributed by atoms with van der Waals surface area (Å²) in [4.78, 5) is 0. The van der Waals surface area contributed by atoms with E-state index in [4.69, 9.17) is 36.3 Å². The van der Waals surface area contributed by atoms with Crippen LogP contribution in [-0.2, 0) is 0 Å². The molecule has 0 bridgehead atoms. The minimum Gasteiger partial charge on any atom is -0.505 e. The summed E-state index contributed by atoms with van der Waals surface area (Å²) in [5.41, 5.74) is -0.935. The average Bonchev–Trinajstić information content (AvgIpc) is 2.13. The van der Waals surface area contributed by atoms with Gasteiger partial charge in [0.25, 0.3) is 0 Å². The van der Waals surface area contributed by atoms with Crippen molar-refractivity contribution in [3.05, 3.63) is 5.56 Å². The first-order chi connectivity index (χ1) is 6.00. The van der Waals surface area contributed by atoms with Crippen LogP contribution in [0.25, 0.3) is 0 Å². The topological polar surface area (TPSA) is 84.5 Å². The summed E-state index contributed by atoms with van der Waals surface area (Å²) in [6.07, 6.45) is 0. The Morgan fingerprint density at radius 3 is 1.92 bits per heavy atom. The molecular formula is C7H3B2NO3. The van der Waals surface area contributed by atoms with Crippen LogP contribution < -0.4 is 10.9 Å². The minimum atomic E-state index is -0.844. The molecule has 0 fully saturated rings. The number of hydrogen-bond acceptors (Lipinski definition) is 4. The number of nitrogens with zero attached hydrogens (tertiary/aromatic N) is 1. The summed E-state index contributed by atoms with van der Waals surface area (Å²) in [6, 6.07) is 1.55. The van der Waals surface area contributed by atoms with Gasteiger partial charge in [-0.2, -0.15) is 5.26 Å². The van der Waals surface area contributed by atoms with Gasteiger partial charge >= 0.3 is 0 Å². The smallest absolute Gasteiger partial charge is 0.200 e. The number of hydrogen-bond donors (Lipinski definition) is 3. The Balaban J connectivity index is 3.69. The van der Waals surface area contributed by atoms with E-state index in [-0.39, 0.29) is 16.5 Å². The zero-order valence-corrected chi connectivity index (χ0v) is 6.44. The zero-order chi connectivity index (χ0) is 10.2. The van der Waals surface area contributed by atoms with Crippen LogP contribution in [0.4, 0.5) is 0 Å². The van der Waals surface area contributed by atoms with Gasteiger partial charge in [0, 0.05) is 0 Å². The summed E-state index contributed by atoms with van der Waals surface area (Å²) in [7, 11) is 10.5. The molecular weight excluding hydrogens is 168 g/mol. The Labute approximate surface area is 76.9 Å². The van der Waals surface area contributed by atoms with E-state index in [0.717, 1.165) is 0 Å². The molecule has 0 aliphatic rings. The molecule has 0 unspecified atom stereocenters. The third-order valence-electron chi connectivity index (χ3n) is 1.61. The van der Waals surface area contributed by atoms with Crippen molar-refractivity contribution in [1.29, 1.82) is 5.26 Å². The fourth-order valence-electron chi connectivity index (χ4n) is 0.861. The zero-order valence-electron chi connectivity index (χ0n) is 6.44. The van der Waals surface area contributed by atoms with Crippen molar-refractivity contribution in [3.63, 3.8) is 0 Å². The first-order valence-electron chi connectivity index (χ1n) is 3.22. The van der Waals surface area contributed by atoms with Crippen molar-refractivity contribution in [1.82, 2.24) is 0 Å². The molecule has 4 radical (unpaired) electrons. The number of aromatic hydroxyl groups is 3. The number of rotatable bonds is 0. The molecule has 0 aliphatic carbocycles. The van der Waals surface area contributed by atoms with Gasteiger partial charge in [0.15, 0.2) is 11.5 Å². The van der Waals surface area contributed by atoms with Gasteiger partial charge in [0.05, 0.1) is 5.56 Å². The van der Waals surface area contributed by atoms with Crippen LogP contribution in [0.3, 0.4) is 0 Å². The highest BCUT2D eigenvalue weighted by Gasteiger charge is 2.16. The maximum Gasteiger partial charge on any atom is 0.200 e. The van der Waals surface area contributed by atoms with Gasteiger partial charge in [-0.05, 0) is 0 Å². The van der Waals surface area contributed by atoms with Crippen molar-refractivity contribution < 1.29 is 15.3 Å². The third-order valence-corrected chi connectivity index (χ3v) is 1.61. The van der Waals surface area contributed by atoms with Crippen molar-refractivity contribution in [2.24, 2.45) is 0 Å². The Kier molecular flexibility index (Phi) is 2.11. The van der Waals surface area contributed by atoms with Crippen molar-refractivity contribution >= 4 is 26.6 Å². The van der Waals surface area contributed by atoms with Crippen molar-refractivity contribution in [3.8, 4) is 23.3 Å². The molecule has 0 saturated carbocycles. The fraction of sp³-hybridized carbons (Fsp3) is 0. The van der Waals surface area contributed by atoms with E-state index in [9.17, 15) is 0 Å². The SMILES string of the molecule is [B]c1c([B])c(C#N)c(O)c(O)c1O. The normalized spacial score (nSPS) is 9.46. The second kappa shape index (κ2) is 2.94. The molecule has 13 heavy (non-hydrogen) atoms. The predicted molar refractivity (Wildman–Crippen MR) is 46.9 cm³/mol. The highest BCUT2D eigenvalue weighted by Crippen LogP contribution is 2.33. The van der Waals surface area contributed by atoms with Crippen LogP contribution in [0, 0.1) is 11.3 Å². The molecule has 0 heterocycles. The summed E-state index contributed by atoms with van der Waals surface area (Å²) in [5, 5.41) is 35.7. The van der Waals surface area contributed by atoms with Gasteiger partial charge in [0.1, 0.15) is 21.8 Å². The number of phenols is 3. The van der Waals surface area contributed by atoms with Gasteiger partial charge in [-0.25, -0.2) is 0 Å². The second-order valence-corrected chi connectivity index (χ2v) is 2.36. The lowest BCUT2D eigenvalue weighted by atomic mass is 9.76. The summed E-state index contributed by atoms with van der Waals surface area (Å²) in [5.74, 6) is -2.34. The Morgan fingerprint density at radius 2 is 1.46 bits per heavy atom. The molecule has 0 spiro atoms. The Bertz CT molecular complexity index is 382. The van der Waals surface area contributed by atoms with E-state index in [1.54, 1.807) is 6.07 Å². The van der Waals surface area contributed by atoms with Crippen LogP contribution in [0.2, 0.25) is 0 Å². The molecule has 0 aromatic heterocycles. The van der Waals surface area contributed by atoms with E-state index in [2.05, 4.69) is 0 Å². The maximum atomic E-state index is 9.12. The predicted octanol–water partition coefficient (Wildman–Crippen LogP) is -1.74. The molecule has 0 atom stereocenters. The molecule has 0 aliphatic heterocycles. The first-order valence-corrected chi connectivity index (χ1v) is 3.22. The van der Waals surface area contributed by atoms with Gasteiger partial charge in [-0.15, -0.1) is 0 Å². The van der Waals surface area contributed by atoms with Crippen LogP contribution in [0.5, 0.6) is 17.2 Å². The van der Waals surface area contributed by atoms with Crippen LogP contribution >= 0.6 is 0 Å². The lowest BCUT2D eigenvalue weighted by molar-refractivity contribution is 0.370. The average molecular weight is 171 g/mol. The minimum absolute atomic E-state index is 0.254. The number of phenolic OH excluding ortho intramolecular Hbond substituents is 3. The van der Waals surface area contributed by atoms with Crippen LogP contribution in [-0.4, -0.2) is 31.0 Å². The van der Waals surface area contributed by atoms with E-state index < -0.39 is 17.2 Å². The summed E-state index contributed by atoms with van der Waals surface area (Å²) in [6.45, 7) is 0. The number of nitriles is 1. The highest BCUT2D eigenvalue weighted by molar-refractivity contribution is 6.51. The van der Waals surface area contributed by atoms with Crippen LogP contribution in [0.1, 0.15) is 5.56 Å². The molecule has 1 aromatic carbocycles. The molecule has 3 N–H and O–H groups in total. The molecule has 60 valence electrons. The standard InChI is InChI=1S/C7H3B2NO3/c8-3-2(1-10)5(11)7(13)6(12)4(3)9/h11-13H. The molecule has 6 heteroatoms. The molecule has 0 amide bonds. The molecule has 0 saturated heterocycles. The van der Waals surface area contributed by atoms with Crippen molar-refractivity contribution in [2.75, 3.05) is 0 Å². The lowest BCUT2D eigenvalue weighted by Gasteiger charge is -2.10. The monoisotopic (exact) mass is 171 g/mol. The van der Waals surface area contributed by atoms with Gasteiger partial charge in [-0.1, -0.05) is 10.9 Å². The third kappa shape index (κ3) is 1.18. The van der Waals surface area contributed by atoms with Crippen LogP contribution in [0.15, 0.2) is 0 Å². The quantitative estimate of drug-likeness (QED) is 0.319. The van der Waals surface area contributed by atoms with E-state index in [0.29, 0.717) is 0 Å². The highest BCUT2D eigenvalue weighted by atomic mass is 16.3. The Morgan fingerprint density at radius 1 is 0.923 bits per heavy atom. The summed E-state index contributed by atoms with van der Waals surface area (Å²) >= 11 is 0. The number of benzene rings is 1. The van der Waals surface area contributed by atoms with Gasteiger partial charge in [-0.3, -0.25) is 0 Å². The van der Waals surface area contributed by atoms with E-state index in [1.165, 1.54) is 0 Å². The fourth-order valence-corrected chi connectivity index (χ4v) is 0.861. The summed E-state index contributed by atoms with van der Waals surface area (Å²) < 4.78 is 0. The largest absolute Gasteiger partial charge is 0.505 e. The lowest BCUT2D eigenvalue weighted by Crippen LogP contribution is -2.28. The van der Waals surface area contributed by atoms with Crippen molar-refractivity contribution in [2.45, 2.75) is 0 Å². The first kappa shape index (κ1) is 9.33. The molecule has 1 rings (SSSR count). The molecule has 1 aromatic rings. The second-order valence-electron chi connectivity index (χ2n) is 2.36. The van der Waals surface area contributed by atoms with Gasteiger partial charge in [0.2, 0.25) is 5.75 Å². The van der Waals surface area contributed by atoms with E-state index in [1.807, 2.05) is 0 Å². The molecule has 4 nitrogen and oxygen atoms in total. The maximum absolute atomic E-state index is 9.12. The van der Waals surface area contributed by atoms with E-state index >= 15 is 0 Å². The van der Waals surface area contributed by atoms with Gasteiger partial charge < -0.3 is 15.3 Å².